The number of carbonyl (C=O) groups excluding carboxylic acids is 3. The van der Waals surface area contributed by atoms with Gasteiger partial charge in [-0.05, 0) is 37.5 Å². The molecular formula is C31H30N4O9S. The second-order valence-electron chi connectivity index (χ2n) is 10.9. The van der Waals surface area contributed by atoms with E-state index in [-0.39, 0.29) is 40.7 Å². The molecule has 0 aliphatic carbocycles. The van der Waals surface area contributed by atoms with E-state index in [1.54, 1.807) is 12.1 Å². The third kappa shape index (κ3) is 4.26. The lowest BCUT2D eigenvalue weighted by molar-refractivity contribution is -0.144. The SMILES string of the molecule is COC(=O)C1=C(C(=O)OC)[C@@H]2N(Cc3ccccc3)c3ccccc3[C@@]23C[C@@H](C(=O)OC)N(S(=O)(=O)c2c(C)noc2C)C3=N1. The number of carbonyl (C=O) groups is 3. The van der Waals surface area contributed by atoms with Gasteiger partial charge in [0.15, 0.2) is 16.4 Å². The number of anilines is 1. The summed E-state index contributed by atoms with van der Waals surface area (Å²) in [6.45, 7) is 3.17. The monoisotopic (exact) mass is 634 g/mol. The van der Waals surface area contributed by atoms with Crippen molar-refractivity contribution >= 4 is 39.5 Å². The summed E-state index contributed by atoms with van der Waals surface area (Å²) in [6, 6.07) is 14.2. The Bertz CT molecular complexity index is 1880. The highest BCUT2D eigenvalue weighted by Gasteiger charge is 2.69. The number of amidine groups is 1. The second-order valence-corrected chi connectivity index (χ2v) is 12.6. The van der Waals surface area contributed by atoms with Crippen molar-refractivity contribution in [2.75, 3.05) is 26.2 Å². The Morgan fingerprint density at radius 1 is 0.956 bits per heavy atom. The Morgan fingerprint density at radius 2 is 1.62 bits per heavy atom. The van der Waals surface area contributed by atoms with Gasteiger partial charge in [-0.15, -0.1) is 0 Å². The summed E-state index contributed by atoms with van der Waals surface area (Å²) in [6.07, 6.45) is -0.164. The number of nitrogens with zero attached hydrogens (tertiary/aromatic N) is 4. The summed E-state index contributed by atoms with van der Waals surface area (Å²) in [5.74, 6) is -2.83. The molecule has 0 unspecified atom stereocenters. The highest BCUT2D eigenvalue weighted by atomic mass is 32.2. The van der Waals surface area contributed by atoms with E-state index in [4.69, 9.17) is 18.7 Å². The topological polar surface area (TPSA) is 158 Å². The second kappa shape index (κ2) is 10.9. The van der Waals surface area contributed by atoms with E-state index in [1.165, 1.54) is 21.0 Å². The molecule has 0 amide bonds. The third-order valence-electron chi connectivity index (χ3n) is 8.56. The smallest absolute Gasteiger partial charge is 0.357 e. The van der Waals surface area contributed by atoms with Crippen LogP contribution in [-0.2, 0) is 50.6 Å². The van der Waals surface area contributed by atoms with Crippen LogP contribution in [0.5, 0.6) is 0 Å². The molecule has 0 radical (unpaired) electrons. The number of para-hydroxylation sites is 1. The van der Waals surface area contributed by atoms with Crippen molar-refractivity contribution in [1.29, 1.82) is 0 Å². The molecular weight excluding hydrogens is 604 g/mol. The van der Waals surface area contributed by atoms with E-state index >= 15 is 0 Å². The van der Waals surface area contributed by atoms with Gasteiger partial charge in [0.1, 0.15) is 17.6 Å². The van der Waals surface area contributed by atoms with E-state index in [9.17, 15) is 22.8 Å². The van der Waals surface area contributed by atoms with E-state index in [0.29, 0.717) is 11.3 Å². The van der Waals surface area contributed by atoms with Crippen LogP contribution in [0.15, 0.2) is 80.3 Å². The minimum absolute atomic E-state index is 0.00142. The van der Waals surface area contributed by atoms with Gasteiger partial charge in [-0.1, -0.05) is 53.7 Å². The maximum Gasteiger partial charge on any atom is 0.357 e. The molecule has 0 saturated carbocycles. The normalized spacial score (nSPS) is 21.9. The van der Waals surface area contributed by atoms with Crippen LogP contribution in [0.1, 0.15) is 29.0 Å². The Kier molecular flexibility index (Phi) is 7.26. The van der Waals surface area contributed by atoms with Gasteiger partial charge in [-0.2, -0.15) is 0 Å². The Balaban J connectivity index is 1.72. The van der Waals surface area contributed by atoms with Crippen LogP contribution in [0.4, 0.5) is 5.69 Å². The lowest BCUT2D eigenvalue weighted by Crippen LogP contribution is -2.55. The van der Waals surface area contributed by atoms with E-state index in [2.05, 4.69) is 10.1 Å². The van der Waals surface area contributed by atoms with Crippen molar-refractivity contribution in [2.24, 2.45) is 4.99 Å². The molecule has 1 fully saturated rings. The summed E-state index contributed by atoms with van der Waals surface area (Å²) in [7, 11) is -1.15. The van der Waals surface area contributed by atoms with Gasteiger partial charge in [0.2, 0.25) is 0 Å². The Hall–Kier alpha value is -4.98. The highest BCUT2D eigenvalue weighted by Crippen LogP contribution is 2.59. The number of aliphatic imine (C=N–C) groups is 1. The van der Waals surface area contributed by atoms with Gasteiger partial charge >= 0.3 is 17.9 Å². The number of methoxy groups -OCH3 is 3. The average molecular weight is 635 g/mol. The number of aryl methyl sites for hydroxylation is 2. The standard InChI is InChI=1S/C31H30N4O9S/c1-17-25(18(2)44-33-17)45(39,40)35-22(27(36)41-3)15-31-20-13-9-10-14-21(20)34(16-19-11-7-6-8-12-19)26(31)23(28(37)42-4)24(29(38)43-5)32-30(31)35/h6-14,22,26H,15-16H2,1-5H3/t22-,26-,31-/m0/s1. The van der Waals surface area contributed by atoms with E-state index < -0.39 is 51.1 Å². The molecule has 0 N–H and O–H groups in total. The molecule has 234 valence electrons. The van der Waals surface area contributed by atoms with Gasteiger partial charge < -0.3 is 23.6 Å². The Morgan fingerprint density at radius 3 is 2.24 bits per heavy atom. The van der Waals surface area contributed by atoms with Crippen LogP contribution >= 0.6 is 0 Å². The van der Waals surface area contributed by atoms with E-state index in [0.717, 1.165) is 24.1 Å². The molecule has 45 heavy (non-hydrogen) atoms. The predicted octanol–water partition coefficient (Wildman–Crippen LogP) is 2.57. The van der Waals surface area contributed by atoms with Crippen LogP contribution in [0.3, 0.4) is 0 Å². The van der Waals surface area contributed by atoms with Crippen molar-refractivity contribution in [3.8, 4) is 0 Å². The molecule has 13 nitrogen and oxygen atoms in total. The molecule has 3 aliphatic heterocycles. The van der Waals surface area contributed by atoms with Gasteiger partial charge in [-0.3, -0.25) is 0 Å². The predicted molar refractivity (Wildman–Crippen MR) is 158 cm³/mol. The fourth-order valence-corrected chi connectivity index (χ4v) is 8.79. The summed E-state index contributed by atoms with van der Waals surface area (Å²) in [4.78, 5) is 46.9. The zero-order chi connectivity index (χ0) is 32.3. The van der Waals surface area contributed by atoms with Crippen LogP contribution in [-0.4, -0.2) is 75.0 Å². The van der Waals surface area contributed by atoms with Gasteiger partial charge in [0, 0.05) is 12.2 Å². The maximum absolute atomic E-state index is 14.6. The van der Waals surface area contributed by atoms with Gasteiger partial charge in [0.25, 0.3) is 10.0 Å². The summed E-state index contributed by atoms with van der Waals surface area (Å²) < 4.78 is 50.7. The molecule has 3 aliphatic rings. The first-order chi connectivity index (χ1) is 21.5. The largest absolute Gasteiger partial charge is 0.467 e. The number of esters is 3. The number of hydrogen-bond donors (Lipinski definition) is 0. The fourth-order valence-electron chi connectivity index (χ4n) is 6.85. The molecule has 4 heterocycles. The number of fused-ring (bicyclic) bond motifs is 1. The first-order valence-corrected chi connectivity index (χ1v) is 15.4. The molecule has 3 atom stereocenters. The van der Waals surface area contributed by atoms with Crippen LogP contribution in [0.25, 0.3) is 0 Å². The Labute approximate surface area is 259 Å². The van der Waals surface area contributed by atoms with Crippen molar-refractivity contribution in [3.05, 3.63) is 88.4 Å². The average Bonchev–Trinajstić information content (AvgIpc) is 3.68. The number of sulfonamides is 1. The maximum atomic E-state index is 14.6. The molecule has 2 aromatic carbocycles. The summed E-state index contributed by atoms with van der Waals surface area (Å²) in [5, 5.41) is 3.82. The van der Waals surface area contributed by atoms with Gasteiger partial charge in [-0.25, -0.2) is 32.1 Å². The van der Waals surface area contributed by atoms with Gasteiger partial charge in [0.05, 0.1) is 38.4 Å². The first kappa shape index (κ1) is 30.1. The van der Waals surface area contributed by atoms with Crippen molar-refractivity contribution in [2.45, 2.75) is 49.2 Å². The van der Waals surface area contributed by atoms with Crippen LogP contribution in [0.2, 0.25) is 0 Å². The zero-order valence-corrected chi connectivity index (χ0v) is 26.0. The molecule has 14 heteroatoms. The molecule has 3 aromatic rings. The zero-order valence-electron chi connectivity index (χ0n) is 25.1. The first-order valence-electron chi connectivity index (χ1n) is 14.0. The molecule has 1 saturated heterocycles. The number of benzene rings is 2. The number of hydrogen-bond acceptors (Lipinski definition) is 12. The lowest BCUT2D eigenvalue weighted by atomic mass is 9.69. The number of rotatable bonds is 7. The summed E-state index contributed by atoms with van der Waals surface area (Å²) >= 11 is 0. The number of ether oxygens (including phenoxy) is 3. The molecule has 0 bridgehead atoms. The third-order valence-corrected chi connectivity index (χ3v) is 10.6. The number of aromatic nitrogens is 1. The minimum atomic E-state index is -4.62. The fraction of sp³-hybridized carbons (Fsp3) is 0.323. The minimum Gasteiger partial charge on any atom is -0.467 e. The summed E-state index contributed by atoms with van der Waals surface area (Å²) in [5.41, 5.74) is 0.224. The van der Waals surface area contributed by atoms with E-state index in [1.807, 2.05) is 47.4 Å². The van der Waals surface area contributed by atoms with Crippen molar-refractivity contribution < 1.29 is 41.5 Å². The highest BCUT2D eigenvalue weighted by molar-refractivity contribution is 7.89. The van der Waals surface area contributed by atoms with Crippen molar-refractivity contribution in [3.63, 3.8) is 0 Å². The molecule has 1 spiro atoms. The van der Waals surface area contributed by atoms with Crippen molar-refractivity contribution in [1.82, 2.24) is 9.46 Å². The molecule has 6 rings (SSSR count). The quantitative estimate of drug-likeness (QED) is 0.278. The lowest BCUT2D eigenvalue weighted by Gasteiger charge is -2.40. The van der Waals surface area contributed by atoms with Crippen LogP contribution < -0.4 is 4.90 Å². The van der Waals surface area contributed by atoms with Crippen LogP contribution in [0, 0.1) is 13.8 Å². The molecule has 1 aromatic heterocycles.